The molecule has 1 aromatic heterocycles. The maximum Gasteiger partial charge on any atom is 0.573 e. The molecule has 0 spiro atoms. The number of alkyl halides is 3. The van der Waals surface area contributed by atoms with Crippen molar-refractivity contribution in [3.05, 3.63) is 59.9 Å². The van der Waals surface area contributed by atoms with Gasteiger partial charge in [0.2, 0.25) is 0 Å². The summed E-state index contributed by atoms with van der Waals surface area (Å²) in [4.78, 5) is 4.16. The zero-order valence-electron chi connectivity index (χ0n) is 14.0. The van der Waals surface area contributed by atoms with Gasteiger partial charge in [-0.1, -0.05) is 0 Å². The van der Waals surface area contributed by atoms with Gasteiger partial charge >= 0.3 is 6.36 Å². The van der Waals surface area contributed by atoms with Crippen LogP contribution < -0.4 is 21.5 Å². The molecule has 142 valence electrons. The third kappa shape index (κ3) is 5.28. The first-order valence-electron chi connectivity index (χ1n) is 7.62. The molecule has 1 heterocycles. The van der Waals surface area contributed by atoms with E-state index in [1.807, 2.05) is 0 Å². The molecular formula is C17H17F3N6O. The summed E-state index contributed by atoms with van der Waals surface area (Å²) in [6.45, 7) is -0.0919. The number of nitrogens with one attached hydrogen (secondary N) is 3. The topological polar surface area (TPSA) is 134 Å². The van der Waals surface area contributed by atoms with Crippen LogP contribution in [0.1, 0.15) is 11.1 Å². The van der Waals surface area contributed by atoms with Crippen LogP contribution in [-0.2, 0) is 0 Å². The quantitative estimate of drug-likeness (QED) is 0.472. The van der Waals surface area contributed by atoms with Crippen molar-refractivity contribution in [3.63, 3.8) is 0 Å². The van der Waals surface area contributed by atoms with Gasteiger partial charge in [0.05, 0.1) is 11.4 Å². The fourth-order valence-corrected chi connectivity index (χ4v) is 2.25. The van der Waals surface area contributed by atoms with Crippen molar-refractivity contribution < 1.29 is 17.9 Å². The van der Waals surface area contributed by atoms with Gasteiger partial charge in [0.1, 0.15) is 11.6 Å². The van der Waals surface area contributed by atoms with Gasteiger partial charge in [0.25, 0.3) is 0 Å². The lowest BCUT2D eigenvalue weighted by Crippen LogP contribution is -2.19. The number of allylic oxidation sites excluding steroid dienone is 1. The van der Waals surface area contributed by atoms with Crippen molar-refractivity contribution in [2.45, 2.75) is 6.36 Å². The predicted octanol–water partition coefficient (Wildman–Crippen LogP) is 2.89. The van der Waals surface area contributed by atoms with Crippen LogP contribution in [0.4, 0.5) is 24.7 Å². The molecule has 2 aromatic rings. The van der Waals surface area contributed by atoms with E-state index in [-0.39, 0.29) is 29.5 Å². The average molecular weight is 378 g/mol. The van der Waals surface area contributed by atoms with Crippen LogP contribution in [-0.4, -0.2) is 29.3 Å². The standard InChI is InChI=1S/C17H17F3N6O/c18-17(19,20)27-11-3-1-10(2-4-11)26-16-15(14(24)9-22)12(6-8-25-16)13(23)5-7-21/h1-8,23-24H,9,21-22H2,(H,25,26)/b7-5-,23-13?,24-14?. The minimum absolute atomic E-state index is 0.0350. The molecular weight excluding hydrogens is 361 g/mol. The summed E-state index contributed by atoms with van der Waals surface area (Å²) in [6, 6.07) is 6.58. The Bertz CT molecular complexity index is 862. The van der Waals surface area contributed by atoms with Crippen molar-refractivity contribution in [2.24, 2.45) is 11.5 Å². The lowest BCUT2D eigenvalue weighted by atomic mass is 10.00. The summed E-state index contributed by atoms with van der Waals surface area (Å²) in [6.07, 6.45) is -0.781. The number of hydrogen-bond acceptors (Lipinski definition) is 7. The fourth-order valence-electron chi connectivity index (χ4n) is 2.25. The van der Waals surface area contributed by atoms with Gasteiger partial charge in [0, 0.05) is 29.6 Å². The Balaban J connectivity index is 2.37. The Morgan fingerprint density at radius 1 is 1.19 bits per heavy atom. The number of aromatic nitrogens is 1. The largest absolute Gasteiger partial charge is 0.573 e. The number of rotatable bonds is 7. The van der Waals surface area contributed by atoms with Crippen molar-refractivity contribution >= 4 is 22.9 Å². The number of halogens is 3. The van der Waals surface area contributed by atoms with Crippen molar-refractivity contribution in [1.29, 1.82) is 10.8 Å². The smallest absolute Gasteiger partial charge is 0.406 e. The van der Waals surface area contributed by atoms with E-state index in [4.69, 9.17) is 22.3 Å². The summed E-state index contributed by atoms with van der Waals surface area (Å²) in [7, 11) is 0. The van der Waals surface area contributed by atoms with E-state index in [9.17, 15) is 13.2 Å². The predicted molar refractivity (Wildman–Crippen MR) is 96.7 cm³/mol. The lowest BCUT2D eigenvalue weighted by molar-refractivity contribution is -0.274. The molecule has 0 saturated carbocycles. The molecule has 0 aliphatic rings. The minimum Gasteiger partial charge on any atom is -0.406 e. The lowest BCUT2D eigenvalue weighted by Gasteiger charge is -2.15. The molecule has 0 fully saturated rings. The number of anilines is 2. The molecule has 0 bridgehead atoms. The molecule has 27 heavy (non-hydrogen) atoms. The molecule has 2 rings (SSSR count). The summed E-state index contributed by atoms with van der Waals surface area (Å²) >= 11 is 0. The minimum atomic E-state index is -4.77. The van der Waals surface area contributed by atoms with Crippen LogP contribution in [0.25, 0.3) is 0 Å². The van der Waals surface area contributed by atoms with Gasteiger partial charge in [-0.05, 0) is 42.6 Å². The molecule has 0 amide bonds. The van der Waals surface area contributed by atoms with Gasteiger partial charge in [-0.2, -0.15) is 0 Å². The zero-order valence-corrected chi connectivity index (χ0v) is 14.0. The summed E-state index contributed by atoms with van der Waals surface area (Å²) in [5.74, 6) is -0.123. The van der Waals surface area contributed by atoms with Gasteiger partial charge in [0.15, 0.2) is 0 Å². The number of hydrogen-bond donors (Lipinski definition) is 5. The number of benzene rings is 1. The maximum absolute atomic E-state index is 12.2. The Labute approximate surface area is 152 Å². The zero-order chi connectivity index (χ0) is 20.0. The third-order valence-electron chi connectivity index (χ3n) is 3.36. The van der Waals surface area contributed by atoms with Crippen molar-refractivity contribution in [3.8, 4) is 5.75 Å². The number of nitrogens with zero attached hydrogens (tertiary/aromatic N) is 1. The van der Waals surface area contributed by atoms with Crippen LogP contribution in [0.3, 0.4) is 0 Å². The first kappa shape index (κ1) is 19.9. The summed E-state index contributed by atoms with van der Waals surface area (Å²) < 4.78 is 40.5. The number of nitrogens with two attached hydrogens (primary N) is 2. The highest BCUT2D eigenvalue weighted by molar-refractivity contribution is 6.17. The Morgan fingerprint density at radius 3 is 2.41 bits per heavy atom. The second-order valence-corrected chi connectivity index (χ2v) is 5.23. The summed E-state index contributed by atoms with van der Waals surface area (Å²) in [5, 5.41) is 19.0. The van der Waals surface area contributed by atoms with Crippen LogP contribution in [0.5, 0.6) is 5.75 Å². The molecule has 0 atom stereocenters. The molecule has 1 aromatic carbocycles. The van der Waals surface area contributed by atoms with Gasteiger partial charge < -0.3 is 32.3 Å². The maximum atomic E-state index is 12.2. The molecule has 10 heteroatoms. The fraction of sp³-hybridized carbons (Fsp3) is 0.118. The highest BCUT2D eigenvalue weighted by Crippen LogP contribution is 2.27. The Kier molecular flexibility index (Phi) is 6.14. The monoisotopic (exact) mass is 378 g/mol. The van der Waals surface area contributed by atoms with Crippen molar-refractivity contribution in [1.82, 2.24) is 4.98 Å². The van der Waals surface area contributed by atoms with Gasteiger partial charge in [-0.25, -0.2) is 4.98 Å². The highest BCUT2D eigenvalue weighted by Gasteiger charge is 2.31. The molecule has 0 aliphatic heterocycles. The van der Waals surface area contributed by atoms with Crippen LogP contribution in [0, 0.1) is 10.8 Å². The van der Waals surface area contributed by atoms with E-state index in [2.05, 4.69) is 15.0 Å². The molecule has 7 nitrogen and oxygen atoms in total. The van der Waals surface area contributed by atoms with E-state index in [0.29, 0.717) is 16.8 Å². The SMILES string of the molecule is N=C(/C=C\N)c1ccnc(Nc2ccc(OC(F)(F)F)cc2)c1C(=N)CN. The third-order valence-corrected chi connectivity index (χ3v) is 3.36. The Morgan fingerprint density at radius 2 is 1.85 bits per heavy atom. The van der Waals surface area contributed by atoms with E-state index < -0.39 is 6.36 Å². The van der Waals surface area contributed by atoms with Crippen LogP contribution >= 0.6 is 0 Å². The van der Waals surface area contributed by atoms with Crippen LogP contribution in [0.2, 0.25) is 0 Å². The average Bonchev–Trinajstić information content (AvgIpc) is 2.61. The van der Waals surface area contributed by atoms with Crippen molar-refractivity contribution in [2.75, 3.05) is 11.9 Å². The molecule has 0 radical (unpaired) electrons. The molecule has 0 aliphatic carbocycles. The van der Waals surface area contributed by atoms with Gasteiger partial charge in [-0.15, -0.1) is 13.2 Å². The van der Waals surface area contributed by atoms with E-state index in [0.717, 1.165) is 12.1 Å². The summed E-state index contributed by atoms with van der Waals surface area (Å²) in [5.41, 5.74) is 12.1. The van der Waals surface area contributed by atoms with E-state index in [1.54, 1.807) is 6.07 Å². The first-order valence-corrected chi connectivity index (χ1v) is 7.62. The molecule has 0 saturated heterocycles. The molecule has 7 N–H and O–H groups in total. The first-order chi connectivity index (χ1) is 12.7. The van der Waals surface area contributed by atoms with E-state index in [1.165, 1.54) is 30.6 Å². The van der Waals surface area contributed by atoms with Crippen LogP contribution in [0.15, 0.2) is 48.8 Å². The second-order valence-electron chi connectivity index (χ2n) is 5.23. The number of ether oxygens (including phenoxy) is 1. The molecule has 0 unspecified atom stereocenters. The second kappa shape index (κ2) is 8.32. The highest BCUT2D eigenvalue weighted by atomic mass is 19.4. The normalized spacial score (nSPS) is 11.4. The van der Waals surface area contributed by atoms with Gasteiger partial charge in [-0.3, -0.25) is 0 Å². The van der Waals surface area contributed by atoms with E-state index >= 15 is 0 Å². The number of pyridine rings is 1. The Hall–Kier alpha value is -3.40.